The topological polar surface area (TPSA) is 80.4 Å². The number of carbonyl (C=O) groups is 1. The third kappa shape index (κ3) is 7.23. The molecule has 0 aromatic heterocycles. The Hall–Kier alpha value is -2.53. The first kappa shape index (κ1) is 27.1. The molecule has 2 aliphatic carbocycles. The maximum atomic E-state index is 13.1. The molecule has 2 aliphatic rings. The van der Waals surface area contributed by atoms with Crippen LogP contribution in [-0.4, -0.2) is 22.4 Å². The fourth-order valence-corrected chi connectivity index (χ4v) is 5.19. The molecule has 0 bridgehead atoms. The highest BCUT2D eigenvalue weighted by atomic mass is 16.6. The second-order valence-electron chi connectivity index (χ2n) is 10.1. The fourth-order valence-electron chi connectivity index (χ4n) is 5.19. The Morgan fingerprint density at radius 2 is 1.54 bits per heavy atom. The standard InChI is InChI=1S/C30H41NO4/c1-2-3-4-5-6-7-8-9-10-11-12-13-14-15-29(33)30(23-32)19-18-28-25(22-30)20-24-21-26(31(34)35)16-17-27(24)28/h16-22,32H,2-15,23H2,1H3. The largest absolute Gasteiger partial charge is 0.395 e. The number of Topliss-reactive ketones (excluding diaryl/α,β-unsaturated/α-hetero) is 1. The minimum absolute atomic E-state index is 0.0428. The SMILES string of the molecule is CCCCCCCCCCCCCCCC(=O)C1(CO)C=CC2=c3ccc([N+](=O)[O-])cc3=CC2=C1. The lowest BCUT2D eigenvalue weighted by Crippen LogP contribution is -2.33. The van der Waals surface area contributed by atoms with Crippen LogP contribution in [0.1, 0.15) is 96.8 Å². The number of benzene rings is 1. The molecular formula is C30H41NO4. The summed E-state index contributed by atoms with van der Waals surface area (Å²) in [5.74, 6) is 0.0428. The quantitative estimate of drug-likeness (QED) is 0.167. The van der Waals surface area contributed by atoms with Gasteiger partial charge >= 0.3 is 0 Å². The molecule has 35 heavy (non-hydrogen) atoms. The zero-order valence-electron chi connectivity index (χ0n) is 21.3. The number of unbranched alkanes of at least 4 members (excludes halogenated alkanes) is 12. The normalized spacial score (nSPS) is 18.1. The van der Waals surface area contributed by atoms with Crippen LogP contribution in [0.15, 0.2) is 42.0 Å². The lowest BCUT2D eigenvalue weighted by Gasteiger charge is -2.27. The van der Waals surface area contributed by atoms with E-state index in [1.807, 2.05) is 18.2 Å². The van der Waals surface area contributed by atoms with Crippen LogP contribution in [0.25, 0.3) is 11.6 Å². The lowest BCUT2D eigenvalue weighted by atomic mass is 9.76. The minimum atomic E-state index is -1.000. The van der Waals surface area contributed by atoms with Crippen LogP contribution in [0.2, 0.25) is 0 Å². The summed E-state index contributed by atoms with van der Waals surface area (Å²) in [6.45, 7) is 1.99. The number of ketones is 1. The van der Waals surface area contributed by atoms with Crippen LogP contribution in [0.3, 0.4) is 0 Å². The molecule has 0 aliphatic heterocycles. The van der Waals surface area contributed by atoms with Gasteiger partial charge in [-0.05, 0) is 40.1 Å². The Bertz CT molecular complexity index is 1070. The highest BCUT2D eigenvalue weighted by Crippen LogP contribution is 2.35. The van der Waals surface area contributed by atoms with Gasteiger partial charge in [-0.2, -0.15) is 0 Å². The van der Waals surface area contributed by atoms with E-state index in [1.54, 1.807) is 18.2 Å². The average Bonchev–Trinajstić information content (AvgIpc) is 3.23. The van der Waals surface area contributed by atoms with Crippen molar-refractivity contribution in [2.24, 2.45) is 5.41 Å². The third-order valence-corrected chi connectivity index (χ3v) is 7.41. The van der Waals surface area contributed by atoms with Crippen molar-refractivity contribution in [2.75, 3.05) is 6.61 Å². The van der Waals surface area contributed by atoms with Gasteiger partial charge in [-0.1, -0.05) is 102 Å². The Morgan fingerprint density at radius 3 is 2.11 bits per heavy atom. The van der Waals surface area contributed by atoms with Crippen LogP contribution in [0.5, 0.6) is 0 Å². The molecule has 0 radical (unpaired) electrons. The lowest BCUT2D eigenvalue weighted by molar-refractivity contribution is -0.385. The number of non-ortho nitro benzene ring substituents is 1. The maximum absolute atomic E-state index is 13.1. The number of aliphatic hydroxyl groups is 1. The number of hydrogen-bond donors (Lipinski definition) is 1. The first-order chi connectivity index (χ1) is 17.0. The average molecular weight is 480 g/mol. The molecule has 1 N–H and O–H groups in total. The number of hydrogen-bond acceptors (Lipinski definition) is 4. The number of carbonyl (C=O) groups excluding carboxylic acids is 1. The van der Waals surface area contributed by atoms with Crippen LogP contribution in [0.4, 0.5) is 5.69 Å². The van der Waals surface area contributed by atoms with Gasteiger partial charge in [-0.3, -0.25) is 14.9 Å². The third-order valence-electron chi connectivity index (χ3n) is 7.41. The molecule has 0 heterocycles. The van der Waals surface area contributed by atoms with Crippen LogP contribution >= 0.6 is 0 Å². The van der Waals surface area contributed by atoms with Gasteiger partial charge in [0.15, 0.2) is 0 Å². The zero-order valence-corrected chi connectivity index (χ0v) is 21.3. The number of nitrogens with zero attached hydrogens (tertiary/aromatic N) is 1. The smallest absolute Gasteiger partial charge is 0.270 e. The van der Waals surface area contributed by atoms with Gasteiger partial charge in [-0.15, -0.1) is 0 Å². The Balaban J connectivity index is 1.41. The van der Waals surface area contributed by atoms with Crippen LogP contribution < -0.4 is 10.4 Å². The van der Waals surface area contributed by atoms with Crippen molar-refractivity contribution in [3.8, 4) is 0 Å². The summed E-state index contributed by atoms with van der Waals surface area (Å²) in [6, 6.07) is 4.82. The predicted molar refractivity (Wildman–Crippen MR) is 142 cm³/mol. The molecule has 5 nitrogen and oxygen atoms in total. The van der Waals surface area contributed by atoms with E-state index in [0.29, 0.717) is 6.42 Å². The molecule has 0 amide bonds. The van der Waals surface area contributed by atoms with Gasteiger partial charge in [0.2, 0.25) is 0 Å². The van der Waals surface area contributed by atoms with E-state index in [4.69, 9.17) is 0 Å². The molecule has 0 spiro atoms. The van der Waals surface area contributed by atoms with Gasteiger partial charge in [0.25, 0.3) is 5.69 Å². The van der Waals surface area contributed by atoms with Crippen molar-refractivity contribution < 1.29 is 14.8 Å². The monoisotopic (exact) mass is 479 g/mol. The summed E-state index contributed by atoms with van der Waals surface area (Å²) >= 11 is 0. The molecule has 0 saturated heterocycles. The summed E-state index contributed by atoms with van der Waals surface area (Å²) in [5, 5.41) is 22.9. The summed E-state index contributed by atoms with van der Waals surface area (Å²) in [7, 11) is 0. The number of fused-ring (bicyclic) bond motifs is 2. The van der Waals surface area contributed by atoms with Crippen molar-refractivity contribution in [2.45, 2.75) is 96.8 Å². The van der Waals surface area contributed by atoms with Gasteiger partial charge in [0, 0.05) is 18.6 Å². The van der Waals surface area contributed by atoms with Crippen molar-refractivity contribution in [1.82, 2.24) is 0 Å². The van der Waals surface area contributed by atoms with Crippen molar-refractivity contribution >= 4 is 23.1 Å². The van der Waals surface area contributed by atoms with Gasteiger partial charge < -0.3 is 5.11 Å². The number of nitro groups is 1. The van der Waals surface area contributed by atoms with Crippen molar-refractivity contribution in [3.05, 3.63) is 62.6 Å². The Morgan fingerprint density at radius 1 is 0.943 bits per heavy atom. The number of nitro benzene ring substituents is 1. The molecule has 1 aromatic carbocycles. The molecule has 0 fully saturated rings. The van der Waals surface area contributed by atoms with E-state index >= 15 is 0 Å². The number of aliphatic hydroxyl groups excluding tert-OH is 1. The molecule has 1 aromatic rings. The van der Waals surface area contributed by atoms with Crippen molar-refractivity contribution in [3.63, 3.8) is 0 Å². The Labute approximate surface area is 209 Å². The molecule has 1 unspecified atom stereocenters. The van der Waals surface area contributed by atoms with Gasteiger partial charge in [-0.25, -0.2) is 0 Å². The van der Waals surface area contributed by atoms with E-state index in [1.165, 1.54) is 70.3 Å². The fraction of sp³-hybridized carbons (Fsp3) is 0.567. The van der Waals surface area contributed by atoms with E-state index in [9.17, 15) is 20.0 Å². The molecule has 1 atom stereocenters. The number of allylic oxidation sites excluding steroid dienone is 2. The highest BCUT2D eigenvalue weighted by Gasteiger charge is 2.35. The minimum Gasteiger partial charge on any atom is -0.395 e. The van der Waals surface area contributed by atoms with E-state index in [-0.39, 0.29) is 18.1 Å². The molecule has 0 saturated carbocycles. The summed E-state index contributed by atoms with van der Waals surface area (Å²) in [4.78, 5) is 23.8. The van der Waals surface area contributed by atoms with Gasteiger partial charge in [0.05, 0.1) is 16.9 Å². The summed E-state index contributed by atoms with van der Waals surface area (Å²) in [5.41, 5.74) is 0.861. The second-order valence-corrected chi connectivity index (χ2v) is 10.1. The first-order valence-corrected chi connectivity index (χ1v) is 13.6. The zero-order chi connectivity index (χ0) is 25.1. The van der Waals surface area contributed by atoms with E-state index in [2.05, 4.69) is 6.92 Å². The first-order valence-electron chi connectivity index (χ1n) is 13.6. The maximum Gasteiger partial charge on any atom is 0.270 e. The molecule has 190 valence electrons. The van der Waals surface area contributed by atoms with E-state index < -0.39 is 10.3 Å². The van der Waals surface area contributed by atoms with Crippen molar-refractivity contribution in [1.29, 1.82) is 0 Å². The molecular weight excluding hydrogens is 438 g/mol. The molecule has 3 rings (SSSR count). The summed E-state index contributed by atoms with van der Waals surface area (Å²) in [6.07, 6.45) is 24.3. The molecule has 5 heteroatoms. The number of rotatable bonds is 17. The predicted octanol–water partition coefficient (Wildman–Crippen LogP) is 6.06. The summed E-state index contributed by atoms with van der Waals surface area (Å²) < 4.78 is 0. The van der Waals surface area contributed by atoms with Gasteiger partial charge in [0.1, 0.15) is 5.78 Å². The Kier molecular flexibility index (Phi) is 10.5. The van der Waals surface area contributed by atoms with Crippen LogP contribution in [-0.2, 0) is 4.79 Å². The second kappa shape index (κ2) is 13.5. The van der Waals surface area contributed by atoms with Crippen LogP contribution in [0, 0.1) is 15.5 Å². The van der Waals surface area contributed by atoms with E-state index in [0.717, 1.165) is 40.8 Å². The highest BCUT2D eigenvalue weighted by molar-refractivity contribution is 5.96.